The van der Waals surface area contributed by atoms with Crippen LogP contribution in [0.4, 0.5) is 0 Å². The molecule has 1 N–H and O–H groups in total. The van der Waals surface area contributed by atoms with Crippen LogP contribution >= 0.6 is 23.2 Å². The number of halogens is 2. The van der Waals surface area contributed by atoms with Crippen LogP contribution in [-0.4, -0.2) is 23.7 Å². The molecule has 3 aromatic rings. The van der Waals surface area contributed by atoms with Gasteiger partial charge in [0.25, 0.3) is 0 Å². The molecule has 0 spiro atoms. The molecule has 3 rings (SSSR count). The highest BCUT2D eigenvalue weighted by Crippen LogP contribution is 2.37. The Labute approximate surface area is 138 Å². The van der Waals surface area contributed by atoms with Crippen molar-refractivity contribution in [1.29, 1.82) is 0 Å². The van der Waals surface area contributed by atoms with Crippen LogP contribution in [0.3, 0.4) is 0 Å². The summed E-state index contributed by atoms with van der Waals surface area (Å²) in [4.78, 5) is 7.79. The van der Waals surface area contributed by atoms with Crippen molar-refractivity contribution in [2.75, 3.05) is 13.7 Å². The minimum atomic E-state index is 0.461. The Morgan fingerprint density at radius 1 is 1.14 bits per heavy atom. The summed E-state index contributed by atoms with van der Waals surface area (Å²) in [5, 5.41) is 0.921. The molecule has 0 aliphatic carbocycles. The van der Waals surface area contributed by atoms with Crippen LogP contribution in [0, 0.1) is 0 Å². The maximum Gasteiger partial charge on any atom is 0.156 e. The second-order valence-corrected chi connectivity index (χ2v) is 5.48. The van der Waals surface area contributed by atoms with Gasteiger partial charge in [-0.3, -0.25) is 0 Å². The lowest BCUT2D eigenvalue weighted by Gasteiger charge is -2.09. The van der Waals surface area contributed by atoms with Gasteiger partial charge in [0.2, 0.25) is 0 Å². The molecular weight excluding hydrogens is 323 g/mol. The SMILES string of the molecule is CCOc1c(Cl)cc(-c2nc3ccc(OC)cc3[nH]2)cc1Cl. The molecule has 0 amide bonds. The van der Waals surface area contributed by atoms with Crippen molar-refractivity contribution in [2.45, 2.75) is 6.92 Å². The molecule has 0 saturated heterocycles. The number of nitrogens with zero attached hydrogens (tertiary/aromatic N) is 1. The van der Waals surface area contributed by atoms with Crippen LogP contribution in [0.2, 0.25) is 10.0 Å². The standard InChI is InChI=1S/C16H14Cl2N2O2/c1-3-22-15-11(17)6-9(7-12(15)18)16-19-13-5-4-10(21-2)8-14(13)20-16/h4-8H,3H2,1-2H3,(H,19,20). The lowest BCUT2D eigenvalue weighted by atomic mass is 10.2. The summed E-state index contributed by atoms with van der Waals surface area (Å²) in [7, 11) is 1.63. The molecule has 0 aliphatic rings. The second kappa shape index (κ2) is 6.07. The molecule has 2 aromatic carbocycles. The predicted molar refractivity (Wildman–Crippen MR) is 89.3 cm³/mol. The normalized spacial score (nSPS) is 10.9. The van der Waals surface area contributed by atoms with Crippen LogP contribution in [0.5, 0.6) is 11.5 Å². The number of aromatic amines is 1. The first-order chi connectivity index (χ1) is 10.6. The van der Waals surface area contributed by atoms with E-state index in [9.17, 15) is 0 Å². The first-order valence-corrected chi connectivity index (χ1v) is 7.54. The third kappa shape index (κ3) is 2.72. The van der Waals surface area contributed by atoms with E-state index in [0.29, 0.717) is 28.2 Å². The van der Waals surface area contributed by atoms with Crippen molar-refractivity contribution in [3.05, 3.63) is 40.4 Å². The van der Waals surface area contributed by atoms with Gasteiger partial charge in [-0.05, 0) is 31.2 Å². The third-order valence-electron chi connectivity index (χ3n) is 3.25. The van der Waals surface area contributed by atoms with Gasteiger partial charge in [-0.25, -0.2) is 4.98 Å². The molecule has 114 valence electrons. The van der Waals surface area contributed by atoms with E-state index in [1.807, 2.05) is 25.1 Å². The number of benzene rings is 2. The number of fused-ring (bicyclic) bond motifs is 1. The zero-order valence-electron chi connectivity index (χ0n) is 12.1. The number of aromatic nitrogens is 2. The van der Waals surface area contributed by atoms with Gasteiger partial charge in [0.15, 0.2) is 5.75 Å². The fourth-order valence-electron chi connectivity index (χ4n) is 2.23. The maximum atomic E-state index is 6.24. The van der Waals surface area contributed by atoms with Crippen molar-refractivity contribution in [1.82, 2.24) is 9.97 Å². The van der Waals surface area contributed by atoms with Crippen LogP contribution in [0.1, 0.15) is 6.92 Å². The zero-order valence-corrected chi connectivity index (χ0v) is 13.6. The number of imidazole rings is 1. The molecule has 0 bridgehead atoms. The molecular formula is C16H14Cl2N2O2. The Balaban J connectivity index is 2.07. The van der Waals surface area contributed by atoms with Crippen molar-refractivity contribution in [2.24, 2.45) is 0 Å². The Morgan fingerprint density at radius 2 is 1.86 bits per heavy atom. The number of ether oxygens (including phenoxy) is 2. The number of hydrogen-bond acceptors (Lipinski definition) is 3. The highest BCUT2D eigenvalue weighted by Gasteiger charge is 2.13. The zero-order chi connectivity index (χ0) is 15.7. The highest BCUT2D eigenvalue weighted by atomic mass is 35.5. The average Bonchev–Trinajstić information content (AvgIpc) is 2.93. The van der Waals surface area contributed by atoms with Gasteiger partial charge in [-0.2, -0.15) is 0 Å². The maximum absolute atomic E-state index is 6.24. The summed E-state index contributed by atoms with van der Waals surface area (Å²) < 4.78 is 10.6. The van der Waals surface area contributed by atoms with E-state index in [1.165, 1.54) is 0 Å². The quantitative estimate of drug-likeness (QED) is 0.733. The molecule has 1 heterocycles. The lowest BCUT2D eigenvalue weighted by molar-refractivity contribution is 0.340. The highest BCUT2D eigenvalue weighted by molar-refractivity contribution is 6.37. The molecule has 0 aliphatic heterocycles. The topological polar surface area (TPSA) is 47.1 Å². The molecule has 4 nitrogen and oxygen atoms in total. The van der Waals surface area contributed by atoms with Gasteiger partial charge in [0.1, 0.15) is 11.6 Å². The van der Waals surface area contributed by atoms with Crippen LogP contribution in [0.25, 0.3) is 22.4 Å². The smallest absolute Gasteiger partial charge is 0.156 e. The van der Waals surface area contributed by atoms with Gasteiger partial charge in [-0.15, -0.1) is 0 Å². The van der Waals surface area contributed by atoms with E-state index in [4.69, 9.17) is 32.7 Å². The largest absolute Gasteiger partial charge is 0.497 e. The summed E-state index contributed by atoms with van der Waals surface area (Å²) in [6, 6.07) is 9.22. The van der Waals surface area contributed by atoms with E-state index in [0.717, 1.165) is 22.3 Å². The second-order valence-electron chi connectivity index (χ2n) is 4.67. The Bertz CT molecular complexity index is 807. The van der Waals surface area contributed by atoms with E-state index in [1.54, 1.807) is 19.2 Å². The van der Waals surface area contributed by atoms with E-state index in [2.05, 4.69) is 9.97 Å². The van der Waals surface area contributed by atoms with Crippen LogP contribution in [-0.2, 0) is 0 Å². The third-order valence-corrected chi connectivity index (χ3v) is 3.81. The van der Waals surface area contributed by atoms with Gasteiger partial charge in [-0.1, -0.05) is 23.2 Å². The first kappa shape index (κ1) is 15.0. The summed E-state index contributed by atoms with van der Waals surface area (Å²) in [6.45, 7) is 2.39. The van der Waals surface area contributed by atoms with Crippen LogP contribution < -0.4 is 9.47 Å². The van der Waals surface area contributed by atoms with Crippen molar-refractivity contribution in [3.63, 3.8) is 0 Å². The molecule has 1 aromatic heterocycles. The van der Waals surface area contributed by atoms with E-state index >= 15 is 0 Å². The predicted octanol–water partition coefficient (Wildman–Crippen LogP) is 4.94. The molecule has 22 heavy (non-hydrogen) atoms. The molecule has 0 saturated carbocycles. The number of nitrogens with one attached hydrogen (secondary N) is 1. The molecule has 0 atom stereocenters. The molecule has 0 radical (unpaired) electrons. The number of H-pyrrole nitrogens is 1. The summed E-state index contributed by atoms with van der Waals surface area (Å²) >= 11 is 12.5. The average molecular weight is 337 g/mol. The van der Waals surface area contributed by atoms with Crippen LogP contribution in [0.15, 0.2) is 30.3 Å². The molecule has 6 heteroatoms. The van der Waals surface area contributed by atoms with Gasteiger partial charge in [0.05, 0.1) is 34.8 Å². The fraction of sp³-hybridized carbons (Fsp3) is 0.188. The Kier molecular flexibility index (Phi) is 4.14. The molecule has 0 fully saturated rings. The number of methoxy groups -OCH3 is 1. The van der Waals surface area contributed by atoms with Gasteiger partial charge < -0.3 is 14.5 Å². The number of rotatable bonds is 4. The summed E-state index contributed by atoms with van der Waals surface area (Å²) in [5.41, 5.74) is 2.53. The summed E-state index contributed by atoms with van der Waals surface area (Å²) in [5.74, 6) is 1.95. The fourth-order valence-corrected chi connectivity index (χ4v) is 2.83. The first-order valence-electron chi connectivity index (χ1n) is 6.78. The van der Waals surface area contributed by atoms with Gasteiger partial charge in [0, 0.05) is 11.6 Å². The Hall–Kier alpha value is -1.91. The Morgan fingerprint density at radius 3 is 2.50 bits per heavy atom. The van der Waals surface area contributed by atoms with E-state index in [-0.39, 0.29) is 0 Å². The minimum Gasteiger partial charge on any atom is -0.497 e. The monoisotopic (exact) mass is 336 g/mol. The summed E-state index contributed by atoms with van der Waals surface area (Å²) in [6.07, 6.45) is 0. The number of hydrogen-bond donors (Lipinski definition) is 1. The van der Waals surface area contributed by atoms with Gasteiger partial charge >= 0.3 is 0 Å². The van der Waals surface area contributed by atoms with Crippen molar-refractivity contribution >= 4 is 34.2 Å². The van der Waals surface area contributed by atoms with Crippen molar-refractivity contribution < 1.29 is 9.47 Å². The lowest BCUT2D eigenvalue weighted by Crippen LogP contribution is -1.94. The molecule has 0 unspecified atom stereocenters. The minimum absolute atomic E-state index is 0.461. The van der Waals surface area contributed by atoms with Crippen molar-refractivity contribution in [3.8, 4) is 22.9 Å². The van der Waals surface area contributed by atoms with E-state index < -0.39 is 0 Å².